The summed E-state index contributed by atoms with van der Waals surface area (Å²) in [6.07, 6.45) is 0. The highest BCUT2D eigenvalue weighted by molar-refractivity contribution is 7.99. The summed E-state index contributed by atoms with van der Waals surface area (Å²) in [5.74, 6) is 0.226. The molecule has 3 aromatic rings. The van der Waals surface area contributed by atoms with Crippen molar-refractivity contribution < 1.29 is 18.8 Å². The average Bonchev–Trinajstić information content (AvgIpc) is 3.09. The number of thioether (sulfide) groups is 1. The Morgan fingerprint density at radius 1 is 1.14 bits per heavy atom. The van der Waals surface area contributed by atoms with Gasteiger partial charge in [-0.05, 0) is 31.5 Å². The fraction of sp³-hybridized carbons (Fsp3) is 0.227. The number of rotatable bonds is 4. The molecule has 4 rings (SSSR count). The molecule has 0 saturated heterocycles. The van der Waals surface area contributed by atoms with E-state index in [1.165, 1.54) is 0 Å². The van der Waals surface area contributed by atoms with Crippen LogP contribution in [0.4, 0.5) is 5.69 Å². The standard InChI is InChI=1S/C22H20N2O4S/c1-14-21(15(2)28-23-14)22(26)27-12-20(25)24-17-10-6-7-11-19(17)29-13-18(24)16-8-4-3-5-9-16/h3-11,18H,12-13H2,1-2H3/t18-/m0/s1. The van der Waals surface area contributed by atoms with Gasteiger partial charge in [-0.3, -0.25) is 9.69 Å². The molecule has 0 aliphatic carbocycles. The normalized spacial score (nSPS) is 15.7. The lowest BCUT2D eigenvalue weighted by molar-refractivity contribution is -0.122. The summed E-state index contributed by atoms with van der Waals surface area (Å²) in [5.41, 5.74) is 2.59. The number of aromatic nitrogens is 1. The first-order valence-corrected chi connectivity index (χ1v) is 10.2. The van der Waals surface area contributed by atoms with Crippen molar-refractivity contribution in [2.75, 3.05) is 17.3 Å². The average molecular weight is 408 g/mol. The number of hydrogen-bond donors (Lipinski definition) is 0. The Labute approximate surface area is 172 Å². The Morgan fingerprint density at radius 2 is 1.86 bits per heavy atom. The van der Waals surface area contributed by atoms with Gasteiger partial charge in [0, 0.05) is 10.6 Å². The molecule has 0 bridgehead atoms. The minimum absolute atomic E-state index is 0.138. The van der Waals surface area contributed by atoms with Crippen LogP contribution in [0.3, 0.4) is 0 Å². The summed E-state index contributed by atoms with van der Waals surface area (Å²) in [5, 5.41) is 3.76. The van der Waals surface area contributed by atoms with E-state index in [9.17, 15) is 9.59 Å². The molecule has 0 unspecified atom stereocenters. The highest BCUT2D eigenvalue weighted by Crippen LogP contribution is 2.43. The van der Waals surface area contributed by atoms with Crippen LogP contribution >= 0.6 is 11.8 Å². The van der Waals surface area contributed by atoms with Crippen LogP contribution in [0.25, 0.3) is 0 Å². The number of carbonyl (C=O) groups excluding carboxylic acids is 2. The van der Waals surface area contributed by atoms with Crippen LogP contribution < -0.4 is 4.90 Å². The quantitative estimate of drug-likeness (QED) is 0.599. The van der Waals surface area contributed by atoms with Crippen LogP contribution in [0.1, 0.15) is 33.4 Å². The number of aryl methyl sites for hydroxylation is 2. The Balaban J connectivity index is 1.59. The highest BCUT2D eigenvalue weighted by atomic mass is 32.2. The van der Waals surface area contributed by atoms with Crippen molar-refractivity contribution in [1.29, 1.82) is 0 Å². The molecule has 7 heteroatoms. The van der Waals surface area contributed by atoms with Crippen molar-refractivity contribution in [2.45, 2.75) is 24.8 Å². The van der Waals surface area contributed by atoms with Gasteiger partial charge in [0.1, 0.15) is 11.3 Å². The number of fused-ring (bicyclic) bond motifs is 1. The first-order chi connectivity index (χ1) is 14.1. The van der Waals surface area contributed by atoms with Gasteiger partial charge in [-0.15, -0.1) is 11.8 Å². The second-order valence-corrected chi connectivity index (χ2v) is 7.81. The van der Waals surface area contributed by atoms with Crippen molar-refractivity contribution in [3.63, 3.8) is 0 Å². The fourth-order valence-corrected chi connectivity index (χ4v) is 4.63. The van der Waals surface area contributed by atoms with Crippen molar-refractivity contribution in [1.82, 2.24) is 5.16 Å². The lowest BCUT2D eigenvalue weighted by atomic mass is 10.1. The highest BCUT2D eigenvalue weighted by Gasteiger charge is 2.33. The van der Waals surface area contributed by atoms with Gasteiger partial charge in [0.25, 0.3) is 5.91 Å². The lowest BCUT2D eigenvalue weighted by Crippen LogP contribution is -2.41. The summed E-state index contributed by atoms with van der Waals surface area (Å²) < 4.78 is 10.3. The zero-order chi connectivity index (χ0) is 20.4. The van der Waals surface area contributed by atoms with Crippen LogP contribution in [0.15, 0.2) is 64.0 Å². The molecule has 0 saturated carbocycles. The molecule has 0 N–H and O–H groups in total. The van der Waals surface area contributed by atoms with Gasteiger partial charge in [0.15, 0.2) is 6.61 Å². The second kappa shape index (κ2) is 8.13. The van der Waals surface area contributed by atoms with Crippen LogP contribution in [0.5, 0.6) is 0 Å². The van der Waals surface area contributed by atoms with Gasteiger partial charge >= 0.3 is 5.97 Å². The van der Waals surface area contributed by atoms with Gasteiger partial charge in [0.05, 0.1) is 17.4 Å². The van der Waals surface area contributed by atoms with Gasteiger partial charge in [-0.1, -0.05) is 47.6 Å². The zero-order valence-corrected chi connectivity index (χ0v) is 16.9. The molecule has 1 aromatic heterocycles. The van der Waals surface area contributed by atoms with Crippen molar-refractivity contribution in [2.24, 2.45) is 0 Å². The summed E-state index contributed by atoms with van der Waals surface area (Å²) in [7, 11) is 0. The van der Waals surface area contributed by atoms with E-state index in [4.69, 9.17) is 9.26 Å². The summed E-state index contributed by atoms with van der Waals surface area (Å²) in [4.78, 5) is 28.4. The number of nitrogens with zero attached hydrogens (tertiary/aromatic N) is 2. The summed E-state index contributed by atoms with van der Waals surface area (Å²) in [6, 6.07) is 17.5. The molecule has 2 heterocycles. The van der Waals surface area contributed by atoms with Crippen molar-refractivity contribution in [3.05, 3.63) is 77.2 Å². The Kier molecular flexibility index (Phi) is 5.40. The van der Waals surface area contributed by atoms with Crippen molar-refractivity contribution >= 4 is 29.3 Å². The number of para-hydroxylation sites is 1. The van der Waals surface area contributed by atoms with E-state index in [0.717, 1.165) is 21.9 Å². The van der Waals surface area contributed by atoms with Crippen molar-refractivity contribution in [3.8, 4) is 0 Å². The molecule has 6 nitrogen and oxygen atoms in total. The Hall–Kier alpha value is -3.06. The zero-order valence-electron chi connectivity index (χ0n) is 16.1. The number of ether oxygens (including phenoxy) is 1. The number of esters is 1. The minimum Gasteiger partial charge on any atom is -0.452 e. The molecule has 1 amide bonds. The first kappa shape index (κ1) is 19.3. The lowest BCUT2D eigenvalue weighted by Gasteiger charge is -2.37. The van der Waals surface area contributed by atoms with E-state index in [2.05, 4.69) is 5.16 Å². The first-order valence-electron chi connectivity index (χ1n) is 9.25. The van der Waals surface area contributed by atoms with Gasteiger partial charge in [-0.25, -0.2) is 4.79 Å². The third-order valence-electron chi connectivity index (χ3n) is 4.85. The Morgan fingerprint density at radius 3 is 2.59 bits per heavy atom. The molecule has 1 aliphatic heterocycles. The molecular formula is C22H20N2O4S. The van der Waals surface area contributed by atoms with E-state index >= 15 is 0 Å². The molecule has 29 heavy (non-hydrogen) atoms. The molecular weight excluding hydrogens is 388 g/mol. The van der Waals surface area contributed by atoms with E-state index in [0.29, 0.717) is 11.5 Å². The number of benzene rings is 2. The van der Waals surface area contributed by atoms with E-state index in [-0.39, 0.29) is 24.1 Å². The van der Waals surface area contributed by atoms with E-state index in [1.54, 1.807) is 30.5 Å². The van der Waals surface area contributed by atoms with E-state index in [1.807, 2.05) is 54.6 Å². The maximum Gasteiger partial charge on any atom is 0.344 e. The Bertz CT molecular complexity index is 1030. The molecule has 0 spiro atoms. The van der Waals surface area contributed by atoms with Crippen LogP contribution in [-0.2, 0) is 9.53 Å². The van der Waals surface area contributed by atoms with Gasteiger partial charge in [0.2, 0.25) is 0 Å². The number of hydrogen-bond acceptors (Lipinski definition) is 6. The molecule has 1 aliphatic rings. The monoisotopic (exact) mass is 408 g/mol. The summed E-state index contributed by atoms with van der Waals surface area (Å²) in [6.45, 7) is 2.95. The predicted octanol–water partition coefficient (Wildman–Crippen LogP) is 4.33. The number of carbonyl (C=O) groups is 2. The number of anilines is 1. The summed E-state index contributed by atoms with van der Waals surface area (Å²) >= 11 is 1.72. The van der Waals surface area contributed by atoms with Gasteiger partial charge < -0.3 is 9.26 Å². The van der Waals surface area contributed by atoms with Gasteiger partial charge in [-0.2, -0.15) is 0 Å². The topological polar surface area (TPSA) is 72.6 Å². The third kappa shape index (κ3) is 3.78. The minimum atomic E-state index is -0.606. The maximum atomic E-state index is 13.2. The third-order valence-corrected chi connectivity index (χ3v) is 5.99. The molecule has 1 atom stereocenters. The maximum absolute atomic E-state index is 13.2. The predicted molar refractivity (Wildman–Crippen MR) is 110 cm³/mol. The van der Waals surface area contributed by atoms with Crippen LogP contribution in [-0.4, -0.2) is 29.4 Å². The number of amides is 1. The smallest absolute Gasteiger partial charge is 0.344 e. The van der Waals surface area contributed by atoms with Crippen LogP contribution in [0.2, 0.25) is 0 Å². The fourth-order valence-electron chi connectivity index (χ4n) is 3.46. The molecule has 0 radical (unpaired) electrons. The molecule has 0 fully saturated rings. The van der Waals surface area contributed by atoms with E-state index < -0.39 is 5.97 Å². The molecule has 148 valence electrons. The van der Waals surface area contributed by atoms with Crippen LogP contribution in [0, 0.1) is 13.8 Å². The molecule has 2 aromatic carbocycles. The second-order valence-electron chi connectivity index (χ2n) is 6.74. The largest absolute Gasteiger partial charge is 0.452 e. The SMILES string of the molecule is Cc1noc(C)c1C(=O)OCC(=O)N1c2ccccc2SC[C@H]1c1ccccc1.